The van der Waals surface area contributed by atoms with Gasteiger partial charge in [-0.15, -0.1) is 0 Å². The molecule has 0 unspecified atom stereocenters. The molecule has 25 heavy (non-hydrogen) atoms. The van der Waals surface area contributed by atoms with Crippen molar-refractivity contribution in [1.29, 1.82) is 0 Å². The van der Waals surface area contributed by atoms with Crippen LogP contribution in [-0.4, -0.2) is 26.1 Å². The molecule has 1 N–H and O–H groups in total. The Morgan fingerprint density at radius 3 is 2.64 bits per heavy atom. The number of benzene rings is 2. The quantitative estimate of drug-likeness (QED) is 0.348. The molecule has 2 heterocycles. The molecule has 0 radical (unpaired) electrons. The van der Waals surface area contributed by atoms with Gasteiger partial charge in [0.2, 0.25) is 0 Å². The van der Waals surface area contributed by atoms with Gasteiger partial charge in [-0.3, -0.25) is 14.2 Å². The van der Waals surface area contributed by atoms with Gasteiger partial charge in [0.1, 0.15) is 11.0 Å². The van der Waals surface area contributed by atoms with Crippen LogP contribution < -0.4 is 5.56 Å². The van der Waals surface area contributed by atoms with Gasteiger partial charge in [0.25, 0.3) is 5.56 Å². The van der Waals surface area contributed by atoms with Gasteiger partial charge in [0, 0.05) is 23.5 Å². The van der Waals surface area contributed by atoms with Gasteiger partial charge in [-0.05, 0) is 6.07 Å². The number of carbonyl (C=O) groups excluding carboxylic acids is 1. The molecule has 0 aliphatic carbocycles. The summed E-state index contributed by atoms with van der Waals surface area (Å²) in [5.74, 6) is 0.247. The van der Waals surface area contributed by atoms with Crippen LogP contribution in [-0.2, 0) is 7.05 Å². The lowest BCUT2D eigenvalue weighted by Gasteiger charge is -2.06. The highest BCUT2D eigenvalue weighted by Crippen LogP contribution is 2.24. The van der Waals surface area contributed by atoms with Crippen molar-refractivity contribution in [2.45, 2.75) is 5.16 Å². The average Bonchev–Trinajstić information content (AvgIpc) is 3.03. The fourth-order valence-electron chi connectivity index (χ4n) is 2.79. The molecule has 4 rings (SSSR count). The van der Waals surface area contributed by atoms with Gasteiger partial charge < -0.3 is 4.98 Å². The third kappa shape index (κ3) is 2.74. The first kappa shape index (κ1) is 15.7. The third-order valence-electron chi connectivity index (χ3n) is 4.12. The first-order valence-corrected chi connectivity index (χ1v) is 8.82. The highest BCUT2D eigenvalue weighted by Gasteiger charge is 2.15. The van der Waals surface area contributed by atoms with E-state index in [2.05, 4.69) is 9.97 Å². The van der Waals surface area contributed by atoms with Crippen LogP contribution in [0.1, 0.15) is 10.4 Å². The molecule has 124 valence electrons. The summed E-state index contributed by atoms with van der Waals surface area (Å²) in [6.45, 7) is 0. The Morgan fingerprint density at radius 1 is 1.12 bits per heavy atom. The fraction of sp³-hybridized carbons (Fsp3) is 0.105. The lowest BCUT2D eigenvalue weighted by molar-refractivity contribution is 0.102. The Bertz CT molecular complexity index is 1150. The molecule has 0 bridgehead atoms. The Kier molecular flexibility index (Phi) is 3.89. The number of nitrogens with one attached hydrogen (secondary N) is 1. The van der Waals surface area contributed by atoms with Gasteiger partial charge in [-0.25, -0.2) is 4.98 Å². The zero-order valence-corrected chi connectivity index (χ0v) is 14.3. The van der Waals surface area contributed by atoms with Crippen LogP contribution >= 0.6 is 11.8 Å². The number of rotatable bonds is 4. The van der Waals surface area contributed by atoms with Crippen LogP contribution in [0.5, 0.6) is 0 Å². The van der Waals surface area contributed by atoms with Crippen molar-refractivity contribution in [3.63, 3.8) is 0 Å². The number of hydrogen-bond acceptors (Lipinski definition) is 4. The molecule has 0 fully saturated rings. The summed E-state index contributed by atoms with van der Waals surface area (Å²) in [5, 5.41) is 1.44. The maximum atomic E-state index is 12.6. The molecule has 0 atom stereocenters. The van der Waals surface area contributed by atoms with Crippen LogP contribution in [0.4, 0.5) is 0 Å². The SMILES string of the molecule is Cn1c(SCC(=O)c2ccccc2)nc2c([nH]c3ccccc32)c1=O. The predicted molar refractivity (Wildman–Crippen MR) is 100 cm³/mol. The second-order valence-corrected chi connectivity index (χ2v) is 6.67. The number of thioether (sulfide) groups is 1. The highest BCUT2D eigenvalue weighted by molar-refractivity contribution is 7.99. The lowest BCUT2D eigenvalue weighted by atomic mass is 10.2. The van der Waals surface area contributed by atoms with Crippen molar-refractivity contribution in [3.05, 3.63) is 70.5 Å². The molecule has 4 aromatic rings. The van der Waals surface area contributed by atoms with Gasteiger partial charge in [0.05, 0.1) is 5.75 Å². The van der Waals surface area contributed by atoms with Gasteiger partial charge in [0.15, 0.2) is 10.9 Å². The second-order valence-electron chi connectivity index (χ2n) is 5.73. The Labute approximate surface area is 147 Å². The maximum Gasteiger partial charge on any atom is 0.278 e. The van der Waals surface area contributed by atoms with E-state index in [1.165, 1.54) is 16.3 Å². The first-order valence-electron chi connectivity index (χ1n) is 7.83. The summed E-state index contributed by atoms with van der Waals surface area (Å²) < 4.78 is 1.49. The zero-order chi connectivity index (χ0) is 17.4. The minimum atomic E-state index is -0.143. The molecule has 0 saturated heterocycles. The monoisotopic (exact) mass is 349 g/mol. The summed E-state index contributed by atoms with van der Waals surface area (Å²) in [6.07, 6.45) is 0. The number of fused-ring (bicyclic) bond motifs is 3. The van der Waals surface area contributed by atoms with Crippen molar-refractivity contribution in [3.8, 4) is 0 Å². The molecule has 2 aromatic heterocycles. The molecule has 0 aliphatic heterocycles. The summed E-state index contributed by atoms with van der Waals surface area (Å²) in [4.78, 5) is 32.7. The number of aromatic nitrogens is 3. The number of para-hydroxylation sites is 1. The van der Waals surface area contributed by atoms with E-state index in [0.717, 1.165) is 10.9 Å². The van der Waals surface area contributed by atoms with Crippen molar-refractivity contribution < 1.29 is 4.79 Å². The normalized spacial score (nSPS) is 11.2. The zero-order valence-electron chi connectivity index (χ0n) is 13.5. The standard InChI is InChI=1S/C19H15N3O2S/c1-22-18(24)17-16(13-9-5-6-10-14(13)20-17)21-19(22)25-11-15(23)12-7-3-2-4-8-12/h2-10,20H,11H2,1H3. The molecule has 2 aromatic carbocycles. The summed E-state index contributed by atoms with van der Waals surface area (Å²) in [6, 6.07) is 16.8. The summed E-state index contributed by atoms with van der Waals surface area (Å²) in [7, 11) is 1.68. The Balaban J connectivity index is 1.72. The van der Waals surface area contributed by atoms with Crippen LogP contribution in [0.15, 0.2) is 64.5 Å². The largest absolute Gasteiger partial charge is 0.349 e. The number of carbonyl (C=O) groups is 1. The number of aromatic amines is 1. The number of ketones is 1. The van der Waals surface area contributed by atoms with E-state index in [1.54, 1.807) is 19.2 Å². The van der Waals surface area contributed by atoms with E-state index < -0.39 is 0 Å². The van der Waals surface area contributed by atoms with E-state index in [4.69, 9.17) is 0 Å². The number of H-pyrrole nitrogens is 1. The van der Waals surface area contributed by atoms with Crippen LogP contribution in [0.2, 0.25) is 0 Å². The minimum Gasteiger partial charge on any atom is -0.349 e. The molecule has 5 nitrogen and oxygen atoms in total. The van der Waals surface area contributed by atoms with E-state index >= 15 is 0 Å². The molecule has 0 spiro atoms. The fourth-order valence-corrected chi connectivity index (χ4v) is 3.65. The van der Waals surface area contributed by atoms with Gasteiger partial charge >= 0.3 is 0 Å². The molecule has 0 amide bonds. The van der Waals surface area contributed by atoms with Crippen LogP contribution in [0, 0.1) is 0 Å². The third-order valence-corrected chi connectivity index (χ3v) is 5.15. The highest BCUT2D eigenvalue weighted by atomic mass is 32.2. The van der Waals surface area contributed by atoms with Crippen molar-refractivity contribution >= 4 is 39.5 Å². The van der Waals surface area contributed by atoms with Crippen LogP contribution in [0.25, 0.3) is 21.9 Å². The smallest absolute Gasteiger partial charge is 0.278 e. The minimum absolute atomic E-state index is 0.0128. The Hall–Kier alpha value is -2.86. The first-order chi connectivity index (χ1) is 12.1. The molecule has 0 aliphatic rings. The van der Waals surface area contributed by atoms with Gasteiger partial charge in [-0.2, -0.15) is 0 Å². The van der Waals surface area contributed by atoms with E-state index in [9.17, 15) is 9.59 Å². The number of Topliss-reactive ketones (excluding diaryl/α,β-unsaturated/α-hetero) is 1. The molecule has 6 heteroatoms. The predicted octanol–water partition coefficient (Wildman–Crippen LogP) is 3.39. The topological polar surface area (TPSA) is 67.8 Å². The van der Waals surface area contributed by atoms with Crippen molar-refractivity contribution in [2.24, 2.45) is 7.05 Å². The second kappa shape index (κ2) is 6.22. The summed E-state index contributed by atoms with van der Waals surface area (Å²) in [5.41, 5.74) is 2.53. The van der Waals surface area contributed by atoms with Crippen molar-refractivity contribution in [1.82, 2.24) is 14.5 Å². The van der Waals surface area contributed by atoms with Gasteiger partial charge in [-0.1, -0.05) is 60.3 Å². The molecular weight excluding hydrogens is 334 g/mol. The average molecular weight is 349 g/mol. The van der Waals surface area contributed by atoms with Crippen LogP contribution in [0.3, 0.4) is 0 Å². The molecule has 0 saturated carbocycles. The summed E-state index contributed by atoms with van der Waals surface area (Å²) >= 11 is 1.28. The Morgan fingerprint density at radius 2 is 1.84 bits per heavy atom. The van der Waals surface area contributed by atoms with E-state index in [-0.39, 0.29) is 17.1 Å². The van der Waals surface area contributed by atoms with E-state index in [0.29, 0.717) is 21.8 Å². The molecular formula is C19H15N3O2S. The lowest BCUT2D eigenvalue weighted by Crippen LogP contribution is -2.20. The van der Waals surface area contributed by atoms with E-state index in [1.807, 2.05) is 42.5 Å². The van der Waals surface area contributed by atoms with Crippen molar-refractivity contribution in [2.75, 3.05) is 5.75 Å². The maximum absolute atomic E-state index is 12.6. The number of nitrogens with zero attached hydrogens (tertiary/aromatic N) is 2. The number of hydrogen-bond donors (Lipinski definition) is 1.